The molecule has 9 heteroatoms. The van der Waals surface area contributed by atoms with Gasteiger partial charge in [-0.2, -0.15) is 13.2 Å². The van der Waals surface area contributed by atoms with E-state index in [9.17, 15) is 23.4 Å². The molecule has 3 aromatic rings. The van der Waals surface area contributed by atoms with Gasteiger partial charge in [0, 0.05) is 6.42 Å². The molecule has 1 aromatic carbocycles. The quantitative estimate of drug-likeness (QED) is 0.666. The number of hydrogen-bond donors (Lipinski definition) is 3. The highest BCUT2D eigenvalue weighted by Crippen LogP contribution is 2.36. The monoisotopic (exact) mass is 340 g/mol. The van der Waals surface area contributed by atoms with Crippen LogP contribution in [0.3, 0.4) is 0 Å². The minimum Gasteiger partial charge on any atom is -0.506 e. The molecule has 0 bridgehead atoms. The standard InChI is InChI=1S/C15H15F3N4O2/c1-14(2,24)6-8-11(15(16,17)18)21-13-12(19)20-10-7(22(8)13)4-3-5-9(10)23/h3-5,23-24H,6H2,1-2H3,(H2,19,20). The van der Waals surface area contributed by atoms with Gasteiger partial charge in [-0.25, -0.2) is 9.97 Å². The summed E-state index contributed by atoms with van der Waals surface area (Å²) < 4.78 is 41.4. The number of benzene rings is 1. The Morgan fingerprint density at radius 3 is 2.46 bits per heavy atom. The van der Waals surface area contributed by atoms with Crippen molar-refractivity contribution in [3.63, 3.8) is 0 Å². The smallest absolute Gasteiger partial charge is 0.435 e. The zero-order valence-electron chi connectivity index (χ0n) is 12.9. The minimum absolute atomic E-state index is 0.0608. The number of fused-ring (bicyclic) bond motifs is 3. The van der Waals surface area contributed by atoms with Crippen LogP contribution >= 0.6 is 0 Å². The number of halogens is 3. The van der Waals surface area contributed by atoms with Gasteiger partial charge in [-0.1, -0.05) is 6.07 Å². The van der Waals surface area contributed by atoms with Gasteiger partial charge in [-0.3, -0.25) is 4.40 Å². The number of imidazole rings is 1. The van der Waals surface area contributed by atoms with Gasteiger partial charge in [0.15, 0.2) is 17.2 Å². The normalized spacial score (nSPS) is 13.1. The maximum atomic E-state index is 13.4. The zero-order chi connectivity index (χ0) is 17.9. The van der Waals surface area contributed by atoms with Gasteiger partial charge >= 0.3 is 6.18 Å². The minimum atomic E-state index is -4.72. The summed E-state index contributed by atoms with van der Waals surface area (Å²) in [6.45, 7) is 2.80. The molecule has 6 nitrogen and oxygen atoms in total. The molecule has 0 spiro atoms. The first-order chi connectivity index (χ1) is 11.0. The van der Waals surface area contributed by atoms with Crippen molar-refractivity contribution in [2.45, 2.75) is 32.0 Å². The van der Waals surface area contributed by atoms with E-state index in [1.54, 1.807) is 0 Å². The van der Waals surface area contributed by atoms with E-state index in [-0.39, 0.29) is 40.4 Å². The summed E-state index contributed by atoms with van der Waals surface area (Å²) >= 11 is 0. The Hall–Kier alpha value is -2.55. The van der Waals surface area contributed by atoms with E-state index in [4.69, 9.17) is 5.73 Å². The molecule has 0 saturated heterocycles. The molecule has 0 saturated carbocycles. The Labute approximate surface area is 134 Å². The van der Waals surface area contributed by atoms with Gasteiger partial charge < -0.3 is 15.9 Å². The van der Waals surface area contributed by atoms with Crippen LogP contribution in [-0.4, -0.2) is 30.2 Å². The Bertz CT molecular complexity index is 942. The Kier molecular flexibility index (Phi) is 3.38. The number of anilines is 1. The maximum Gasteiger partial charge on any atom is 0.435 e. The number of phenols is 1. The third-order valence-corrected chi connectivity index (χ3v) is 3.54. The van der Waals surface area contributed by atoms with Crippen molar-refractivity contribution in [1.82, 2.24) is 14.4 Å². The SMILES string of the molecule is CC(C)(O)Cc1c(C(F)(F)F)nc2c(N)nc3c(O)cccc3n12. The Morgan fingerprint density at radius 1 is 1.21 bits per heavy atom. The van der Waals surface area contributed by atoms with Crippen LogP contribution in [0.4, 0.5) is 19.0 Å². The summed E-state index contributed by atoms with van der Waals surface area (Å²) in [6, 6.07) is 4.35. The predicted molar refractivity (Wildman–Crippen MR) is 81.6 cm³/mol. The first kappa shape index (κ1) is 16.3. The first-order valence-electron chi connectivity index (χ1n) is 7.07. The number of nitrogens with zero attached hydrogens (tertiary/aromatic N) is 3. The second kappa shape index (κ2) is 4.97. The molecule has 0 atom stereocenters. The summed E-state index contributed by atoms with van der Waals surface area (Å²) in [5, 5.41) is 20.0. The van der Waals surface area contributed by atoms with Crippen LogP contribution in [0, 0.1) is 0 Å². The van der Waals surface area contributed by atoms with Gasteiger partial charge in [0.05, 0.1) is 16.8 Å². The van der Waals surface area contributed by atoms with Gasteiger partial charge in [-0.05, 0) is 26.0 Å². The largest absolute Gasteiger partial charge is 0.506 e. The van der Waals surface area contributed by atoms with Crippen molar-refractivity contribution in [1.29, 1.82) is 0 Å². The number of alkyl halides is 3. The number of phenolic OH excluding ortho intramolecular Hbond substituents is 1. The molecule has 3 rings (SSSR count). The zero-order valence-corrected chi connectivity index (χ0v) is 12.9. The molecular weight excluding hydrogens is 325 g/mol. The summed E-state index contributed by atoms with van der Waals surface area (Å²) in [5.74, 6) is -0.450. The number of hydrogen-bond acceptors (Lipinski definition) is 5. The van der Waals surface area contributed by atoms with Crippen LogP contribution in [0.25, 0.3) is 16.7 Å². The first-order valence-corrected chi connectivity index (χ1v) is 7.07. The molecule has 0 fully saturated rings. The third kappa shape index (κ3) is 2.60. The van der Waals surface area contributed by atoms with Crippen LogP contribution in [0.5, 0.6) is 5.75 Å². The molecule has 0 aliphatic heterocycles. The van der Waals surface area contributed by atoms with Crippen LogP contribution in [0.15, 0.2) is 18.2 Å². The number of nitrogen functional groups attached to an aromatic ring is 1. The molecule has 2 aromatic heterocycles. The van der Waals surface area contributed by atoms with Crippen LogP contribution in [-0.2, 0) is 12.6 Å². The molecule has 0 aliphatic carbocycles. The average Bonchev–Trinajstić information content (AvgIpc) is 2.78. The van der Waals surface area contributed by atoms with Gasteiger partial charge in [0.2, 0.25) is 0 Å². The molecule has 2 heterocycles. The molecule has 128 valence electrons. The van der Waals surface area contributed by atoms with Gasteiger partial charge in [0.1, 0.15) is 11.3 Å². The third-order valence-electron chi connectivity index (χ3n) is 3.54. The number of aromatic hydroxyl groups is 1. The molecule has 0 amide bonds. The van der Waals surface area contributed by atoms with Crippen LogP contribution in [0.2, 0.25) is 0 Å². The van der Waals surface area contributed by atoms with E-state index >= 15 is 0 Å². The summed E-state index contributed by atoms with van der Waals surface area (Å²) in [7, 11) is 0. The second-order valence-electron chi connectivity index (χ2n) is 6.20. The van der Waals surface area contributed by atoms with Crippen LogP contribution in [0.1, 0.15) is 25.2 Å². The molecule has 0 radical (unpaired) electrons. The van der Waals surface area contributed by atoms with Crippen LogP contribution < -0.4 is 5.73 Å². The number of aliphatic hydroxyl groups is 1. The topological polar surface area (TPSA) is 96.7 Å². The number of para-hydroxylation sites is 1. The van der Waals surface area contributed by atoms with Crippen molar-refractivity contribution >= 4 is 22.5 Å². The molecule has 0 aliphatic rings. The second-order valence-corrected chi connectivity index (χ2v) is 6.20. The van der Waals surface area contributed by atoms with E-state index in [0.29, 0.717) is 0 Å². The number of aromatic nitrogens is 3. The maximum absolute atomic E-state index is 13.4. The fourth-order valence-electron chi connectivity index (χ4n) is 2.67. The molecule has 24 heavy (non-hydrogen) atoms. The van der Waals surface area contributed by atoms with Crippen molar-refractivity contribution in [3.8, 4) is 5.75 Å². The Morgan fingerprint density at radius 2 is 1.88 bits per heavy atom. The molecule has 0 unspecified atom stereocenters. The average molecular weight is 340 g/mol. The Balaban J connectivity index is 2.51. The molecule has 4 N–H and O–H groups in total. The lowest BCUT2D eigenvalue weighted by atomic mass is 10.0. The van der Waals surface area contributed by atoms with E-state index < -0.39 is 17.5 Å². The van der Waals surface area contributed by atoms with Crippen molar-refractivity contribution in [2.24, 2.45) is 0 Å². The van der Waals surface area contributed by atoms with Crippen molar-refractivity contribution in [3.05, 3.63) is 29.6 Å². The van der Waals surface area contributed by atoms with Gasteiger partial charge in [0.25, 0.3) is 0 Å². The fraction of sp³-hybridized carbons (Fsp3) is 0.333. The van der Waals surface area contributed by atoms with E-state index in [2.05, 4.69) is 9.97 Å². The van der Waals surface area contributed by atoms with E-state index in [1.807, 2.05) is 0 Å². The summed E-state index contributed by atoms with van der Waals surface area (Å²) in [6.07, 6.45) is -5.03. The van der Waals surface area contributed by atoms with Crippen molar-refractivity contribution < 1.29 is 23.4 Å². The van der Waals surface area contributed by atoms with E-state index in [1.165, 1.54) is 36.4 Å². The number of rotatable bonds is 2. The lowest BCUT2D eigenvalue weighted by Gasteiger charge is -2.19. The van der Waals surface area contributed by atoms with Gasteiger partial charge in [-0.15, -0.1) is 0 Å². The van der Waals surface area contributed by atoms with Crippen molar-refractivity contribution in [2.75, 3.05) is 5.73 Å². The lowest BCUT2D eigenvalue weighted by molar-refractivity contribution is -0.141. The highest BCUT2D eigenvalue weighted by Gasteiger charge is 2.39. The highest BCUT2D eigenvalue weighted by atomic mass is 19.4. The summed E-state index contributed by atoms with van der Waals surface area (Å²) in [5.41, 5.74) is 3.09. The fourth-order valence-corrected chi connectivity index (χ4v) is 2.67. The lowest BCUT2D eigenvalue weighted by Crippen LogP contribution is -2.25. The molecular formula is C15H15F3N4O2. The van der Waals surface area contributed by atoms with E-state index in [0.717, 1.165) is 0 Å². The predicted octanol–water partition coefficient (Wildman–Crippen LogP) is 2.50. The summed E-state index contributed by atoms with van der Waals surface area (Å²) in [4.78, 5) is 7.56. The number of nitrogens with two attached hydrogens (primary N) is 1. The highest BCUT2D eigenvalue weighted by molar-refractivity contribution is 5.87.